The minimum atomic E-state index is -0.228. The van der Waals surface area contributed by atoms with Crippen molar-refractivity contribution in [1.82, 2.24) is 0 Å². The van der Waals surface area contributed by atoms with Crippen molar-refractivity contribution in [2.75, 3.05) is 11.4 Å². The van der Waals surface area contributed by atoms with Gasteiger partial charge < -0.3 is 10.0 Å². The summed E-state index contributed by atoms with van der Waals surface area (Å²) in [4.78, 5) is 17.4. The number of para-hydroxylation sites is 1. The van der Waals surface area contributed by atoms with Gasteiger partial charge in [-0.25, -0.2) is 0 Å². The maximum Gasteiger partial charge on any atom is 0.265 e. The summed E-state index contributed by atoms with van der Waals surface area (Å²) >= 11 is 1.52. The van der Waals surface area contributed by atoms with Crippen LogP contribution in [0.15, 0.2) is 46.2 Å². The van der Waals surface area contributed by atoms with Crippen LogP contribution >= 0.6 is 11.8 Å². The monoisotopic (exact) mass is 504 g/mol. The van der Waals surface area contributed by atoms with Crippen LogP contribution in [-0.4, -0.2) is 17.6 Å². The molecule has 1 heterocycles. The van der Waals surface area contributed by atoms with Crippen molar-refractivity contribution in [2.45, 2.75) is 95.8 Å². The molecule has 0 atom stereocenters. The number of nitriles is 1. The Morgan fingerprint density at radius 2 is 1.53 bits per heavy atom. The maximum atomic E-state index is 13.7. The van der Waals surface area contributed by atoms with Crippen LogP contribution in [0.5, 0.6) is 5.75 Å². The molecule has 1 aliphatic heterocycles. The first-order valence-corrected chi connectivity index (χ1v) is 13.8. The third-order valence-electron chi connectivity index (χ3n) is 6.55. The summed E-state index contributed by atoms with van der Waals surface area (Å²) < 4.78 is 0. The third-order valence-corrected chi connectivity index (χ3v) is 7.63. The van der Waals surface area contributed by atoms with E-state index < -0.39 is 0 Å². The maximum absolute atomic E-state index is 13.7. The minimum absolute atomic E-state index is 0.0332. The van der Waals surface area contributed by atoms with Crippen molar-refractivity contribution >= 4 is 29.4 Å². The summed E-state index contributed by atoms with van der Waals surface area (Å²) in [6, 6.07) is 14.4. The van der Waals surface area contributed by atoms with Gasteiger partial charge in [0.25, 0.3) is 5.91 Å². The fourth-order valence-corrected chi connectivity index (χ4v) is 5.58. The van der Waals surface area contributed by atoms with Crippen molar-refractivity contribution in [1.29, 1.82) is 5.26 Å². The molecule has 0 spiro atoms. The predicted octanol–water partition coefficient (Wildman–Crippen LogP) is 8.33. The number of hydrogen-bond donors (Lipinski definition) is 1. The fourth-order valence-electron chi connectivity index (χ4n) is 4.52. The molecular weight excluding hydrogens is 464 g/mol. The normalized spacial score (nSPS) is 15.2. The van der Waals surface area contributed by atoms with E-state index in [9.17, 15) is 9.90 Å². The van der Waals surface area contributed by atoms with E-state index in [4.69, 9.17) is 5.26 Å². The Balaban J connectivity index is 1.92. The van der Waals surface area contributed by atoms with Gasteiger partial charge in [-0.05, 0) is 59.6 Å². The molecule has 0 fully saturated rings. The van der Waals surface area contributed by atoms with Gasteiger partial charge in [-0.1, -0.05) is 84.7 Å². The molecule has 3 rings (SSSR count). The Labute approximate surface area is 221 Å². The second-order valence-corrected chi connectivity index (χ2v) is 12.8. The lowest BCUT2D eigenvalue weighted by molar-refractivity contribution is -0.114. The summed E-state index contributed by atoms with van der Waals surface area (Å²) in [5.41, 5.74) is 3.25. The van der Waals surface area contributed by atoms with Crippen LogP contribution in [0.25, 0.3) is 6.08 Å². The number of fused-ring (bicyclic) bond motifs is 1. The van der Waals surface area contributed by atoms with Gasteiger partial charge in [0.2, 0.25) is 0 Å². The molecule has 0 aromatic heterocycles. The first-order chi connectivity index (χ1) is 16.9. The fraction of sp³-hybridized carbons (Fsp3) is 0.484. The zero-order valence-corrected chi connectivity index (χ0v) is 23.5. The summed E-state index contributed by atoms with van der Waals surface area (Å²) in [7, 11) is 0. The van der Waals surface area contributed by atoms with E-state index in [1.807, 2.05) is 41.3 Å². The highest BCUT2D eigenvalue weighted by atomic mass is 32.2. The van der Waals surface area contributed by atoms with E-state index in [2.05, 4.69) is 53.7 Å². The average molecular weight is 505 g/mol. The zero-order valence-electron chi connectivity index (χ0n) is 22.6. The number of hydrogen-bond acceptors (Lipinski definition) is 4. The zero-order chi connectivity index (χ0) is 26.5. The second kappa shape index (κ2) is 11.6. The van der Waals surface area contributed by atoms with Crippen LogP contribution in [-0.2, 0) is 15.6 Å². The van der Waals surface area contributed by atoms with Gasteiger partial charge in [0, 0.05) is 29.0 Å². The Kier molecular flexibility index (Phi) is 8.95. The topological polar surface area (TPSA) is 64.3 Å². The Morgan fingerprint density at radius 1 is 0.944 bits per heavy atom. The third kappa shape index (κ3) is 6.73. The SMILES string of the molecule is CC(C)(C)c1cc(C=C2Sc3ccccc3N(CCCCCCCC#N)C2=O)cc(C(C)(C)C)c1O. The molecule has 0 radical (unpaired) electrons. The van der Waals surface area contributed by atoms with Crippen LogP contribution < -0.4 is 4.90 Å². The number of aromatic hydroxyl groups is 1. The molecule has 1 amide bonds. The number of amides is 1. The number of phenols is 1. The molecular formula is C31H40N2O2S. The first kappa shape index (κ1) is 27.9. The standard InChI is InChI=1S/C31H40N2O2S/c1-30(2,3)23-19-22(20-24(28(23)34)31(4,5)6)21-27-29(35)33(18-14-10-8-7-9-13-17-32)25-15-11-12-16-26(25)36-27/h11-12,15-16,19-21,34H,7-10,13-14,18H2,1-6H3. The van der Waals surface area contributed by atoms with E-state index in [-0.39, 0.29) is 16.7 Å². The van der Waals surface area contributed by atoms with Gasteiger partial charge in [0.15, 0.2) is 0 Å². The van der Waals surface area contributed by atoms with Crippen molar-refractivity contribution in [3.63, 3.8) is 0 Å². The molecule has 4 nitrogen and oxygen atoms in total. The van der Waals surface area contributed by atoms with Crippen molar-refractivity contribution in [3.8, 4) is 11.8 Å². The Morgan fingerprint density at radius 3 is 2.14 bits per heavy atom. The van der Waals surface area contributed by atoms with Gasteiger partial charge in [0.1, 0.15) is 5.75 Å². The van der Waals surface area contributed by atoms with Crippen molar-refractivity contribution in [2.24, 2.45) is 0 Å². The van der Waals surface area contributed by atoms with Crippen LogP contribution in [0.3, 0.4) is 0 Å². The van der Waals surface area contributed by atoms with E-state index in [1.54, 1.807) is 0 Å². The molecule has 192 valence electrons. The molecule has 2 aromatic carbocycles. The molecule has 1 N–H and O–H groups in total. The number of carbonyl (C=O) groups is 1. The average Bonchev–Trinajstić information content (AvgIpc) is 2.80. The smallest absolute Gasteiger partial charge is 0.265 e. The van der Waals surface area contributed by atoms with Crippen LogP contribution in [0.4, 0.5) is 5.69 Å². The summed E-state index contributed by atoms with van der Waals surface area (Å²) in [5, 5.41) is 19.8. The molecule has 1 aliphatic rings. The number of nitrogens with zero attached hydrogens (tertiary/aromatic N) is 2. The van der Waals surface area contributed by atoms with Gasteiger partial charge in [-0.2, -0.15) is 5.26 Å². The second-order valence-electron chi connectivity index (χ2n) is 11.7. The van der Waals surface area contributed by atoms with E-state index in [0.29, 0.717) is 23.6 Å². The number of phenolic OH excluding ortho intramolecular Hbond substituents is 1. The lowest BCUT2D eigenvalue weighted by atomic mass is 9.78. The van der Waals surface area contributed by atoms with Crippen LogP contribution in [0.1, 0.15) is 96.8 Å². The van der Waals surface area contributed by atoms with E-state index in [0.717, 1.165) is 59.4 Å². The van der Waals surface area contributed by atoms with Crippen LogP contribution in [0.2, 0.25) is 0 Å². The largest absolute Gasteiger partial charge is 0.507 e. The highest BCUT2D eigenvalue weighted by molar-refractivity contribution is 8.04. The Hall–Kier alpha value is -2.71. The molecule has 5 heteroatoms. The molecule has 2 aromatic rings. The van der Waals surface area contributed by atoms with Crippen molar-refractivity contribution < 1.29 is 9.90 Å². The quantitative estimate of drug-likeness (QED) is 0.290. The number of carbonyl (C=O) groups excluding carboxylic acids is 1. The summed E-state index contributed by atoms with van der Waals surface area (Å²) in [5.74, 6) is 0.382. The molecule has 0 unspecified atom stereocenters. The predicted molar refractivity (Wildman–Crippen MR) is 151 cm³/mol. The molecule has 0 aliphatic carbocycles. The lowest BCUT2D eigenvalue weighted by Gasteiger charge is -2.31. The van der Waals surface area contributed by atoms with Crippen LogP contribution in [0, 0.1) is 11.3 Å². The summed E-state index contributed by atoms with van der Waals surface area (Å²) in [6.07, 6.45) is 7.69. The number of benzene rings is 2. The Bertz CT molecular complexity index is 1130. The van der Waals surface area contributed by atoms with Gasteiger partial charge >= 0.3 is 0 Å². The molecule has 0 saturated heterocycles. The molecule has 0 saturated carbocycles. The van der Waals surface area contributed by atoms with E-state index >= 15 is 0 Å². The van der Waals surface area contributed by atoms with Crippen molar-refractivity contribution in [3.05, 3.63) is 58.0 Å². The molecule has 36 heavy (non-hydrogen) atoms. The van der Waals surface area contributed by atoms with Gasteiger partial charge in [-0.3, -0.25) is 4.79 Å². The van der Waals surface area contributed by atoms with Gasteiger partial charge in [0.05, 0.1) is 16.7 Å². The number of rotatable bonds is 8. The highest BCUT2D eigenvalue weighted by Crippen LogP contribution is 2.44. The number of thioether (sulfide) groups is 1. The highest BCUT2D eigenvalue weighted by Gasteiger charge is 2.30. The summed E-state index contributed by atoms with van der Waals surface area (Å²) in [6.45, 7) is 13.3. The lowest BCUT2D eigenvalue weighted by Crippen LogP contribution is -2.35. The van der Waals surface area contributed by atoms with E-state index in [1.165, 1.54) is 11.8 Å². The van der Waals surface area contributed by atoms with Gasteiger partial charge in [-0.15, -0.1) is 0 Å². The number of unbranched alkanes of at least 4 members (excludes halogenated alkanes) is 5. The molecule has 0 bridgehead atoms. The number of anilines is 1. The minimum Gasteiger partial charge on any atom is -0.507 e. The first-order valence-electron chi connectivity index (χ1n) is 13.0.